The van der Waals surface area contributed by atoms with Crippen LogP contribution in [0.5, 0.6) is 11.5 Å². The summed E-state index contributed by atoms with van der Waals surface area (Å²) < 4.78 is 38.9. The van der Waals surface area contributed by atoms with E-state index in [1.807, 2.05) is 19.1 Å². The zero-order valence-electron chi connectivity index (χ0n) is 17.4. The lowest BCUT2D eigenvalue weighted by atomic mass is 10.1. The van der Waals surface area contributed by atoms with Crippen LogP contribution in [0.25, 0.3) is 0 Å². The normalized spacial score (nSPS) is 15.2. The quantitative estimate of drug-likeness (QED) is 0.634. The van der Waals surface area contributed by atoms with Gasteiger partial charge in [-0.15, -0.1) is 0 Å². The summed E-state index contributed by atoms with van der Waals surface area (Å²) in [4.78, 5) is 15.0. The van der Waals surface area contributed by atoms with Gasteiger partial charge in [0.15, 0.2) is 0 Å². The van der Waals surface area contributed by atoms with Crippen molar-refractivity contribution < 1.29 is 22.7 Å². The van der Waals surface area contributed by atoms with Crippen LogP contribution in [-0.2, 0) is 10.0 Å². The molecule has 0 atom stereocenters. The Hall–Kier alpha value is -2.10. The molecule has 3 rings (SSSR count). The molecule has 162 valence electrons. The molecule has 0 aliphatic carbocycles. The number of ether oxygens (including phenoxy) is 2. The predicted molar refractivity (Wildman–Crippen MR) is 118 cm³/mol. The zero-order valence-corrected chi connectivity index (χ0v) is 19.8. The second kappa shape index (κ2) is 8.95. The van der Waals surface area contributed by atoms with Gasteiger partial charge in [-0.25, -0.2) is 8.42 Å². The monoisotopic (exact) mass is 496 g/mol. The molecule has 0 saturated carbocycles. The predicted octanol–water partition coefficient (Wildman–Crippen LogP) is 3.23. The van der Waals surface area contributed by atoms with Gasteiger partial charge in [0, 0.05) is 31.7 Å². The number of hydrogen-bond donors (Lipinski definition) is 0. The maximum Gasteiger partial charge on any atom is 0.254 e. The maximum atomic E-state index is 13.1. The van der Waals surface area contributed by atoms with Gasteiger partial charge in [-0.2, -0.15) is 4.31 Å². The number of piperazine rings is 1. The number of carbonyl (C=O) groups is 1. The number of sulfonamides is 1. The second-order valence-corrected chi connectivity index (χ2v) is 9.86. The molecule has 0 radical (unpaired) electrons. The number of amides is 1. The van der Waals surface area contributed by atoms with Crippen molar-refractivity contribution in [3.05, 3.63) is 51.5 Å². The molecule has 30 heavy (non-hydrogen) atoms. The molecule has 1 heterocycles. The number of halogens is 1. The Balaban J connectivity index is 1.77. The SMILES string of the molecule is COc1cc(C(=O)N2CCN(S(=O)(=O)c3cc(C)ccc3C)CC2)cc(OC)c1Br. The lowest BCUT2D eigenvalue weighted by Gasteiger charge is -2.34. The first-order chi connectivity index (χ1) is 14.2. The van der Waals surface area contributed by atoms with Crippen molar-refractivity contribution in [2.24, 2.45) is 0 Å². The van der Waals surface area contributed by atoms with Crippen molar-refractivity contribution in [1.82, 2.24) is 9.21 Å². The van der Waals surface area contributed by atoms with Crippen LogP contribution in [0.2, 0.25) is 0 Å². The summed E-state index contributed by atoms with van der Waals surface area (Å²) in [5.74, 6) is 0.797. The first kappa shape index (κ1) is 22.6. The van der Waals surface area contributed by atoms with Crippen molar-refractivity contribution >= 4 is 31.9 Å². The number of nitrogens with zero attached hydrogens (tertiary/aromatic N) is 2. The van der Waals surface area contributed by atoms with Crippen molar-refractivity contribution in [3.8, 4) is 11.5 Å². The average Bonchev–Trinajstić information content (AvgIpc) is 2.75. The van der Waals surface area contributed by atoms with Gasteiger partial charge in [-0.05, 0) is 59.1 Å². The third kappa shape index (κ3) is 4.33. The van der Waals surface area contributed by atoms with E-state index < -0.39 is 10.0 Å². The summed E-state index contributed by atoms with van der Waals surface area (Å²) in [5, 5.41) is 0. The molecule has 1 saturated heterocycles. The van der Waals surface area contributed by atoms with E-state index in [4.69, 9.17) is 9.47 Å². The van der Waals surface area contributed by atoms with E-state index in [0.29, 0.717) is 45.1 Å². The van der Waals surface area contributed by atoms with E-state index in [2.05, 4.69) is 15.9 Å². The molecule has 0 spiro atoms. The van der Waals surface area contributed by atoms with Crippen molar-refractivity contribution in [3.63, 3.8) is 0 Å². The van der Waals surface area contributed by atoms with Gasteiger partial charge in [0.05, 0.1) is 19.1 Å². The Kier molecular flexibility index (Phi) is 6.74. The Bertz CT molecular complexity index is 1040. The summed E-state index contributed by atoms with van der Waals surface area (Å²) in [7, 11) is -0.570. The molecule has 2 aromatic carbocycles. The summed E-state index contributed by atoms with van der Waals surface area (Å²) in [6, 6.07) is 8.70. The van der Waals surface area contributed by atoms with Crippen LogP contribution < -0.4 is 9.47 Å². The summed E-state index contributed by atoms with van der Waals surface area (Å²) in [5.41, 5.74) is 2.04. The summed E-state index contributed by atoms with van der Waals surface area (Å²) in [6.07, 6.45) is 0. The van der Waals surface area contributed by atoms with E-state index in [9.17, 15) is 13.2 Å². The lowest BCUT2D eigenvalue weighted by molar-refractivity contribution is 0.0697. The Morgan fingerprint density at radius 1 is 0.967 bits per heavy atom. The first-order valence-electron chi connectivity index (χ1n) is 9.47. The molecular weight excluding hydrogens is 472 g/mol. The number of benzene rings is 2. The number of methoxy groups -OCH3 is 2. The van der Waals surface area contributed by atoms with Crippen molar-refractivity contribution in [2.45, 2.75) is 18.7 Å². The molecule has 0 bridgehead atoms. The number of carbonyl (C=O) groups excluding carboxylic acids is 1. The minimum absolute atomic E-state index is 0.192. The summed E-state index contributed by atoms with van der Waals surface area (Å²) in [6.45, 7) is 4.77. The summed E-state index contributed by atoms with van der Waals surface area (Å²) >= 11 is 3.40. The van der Waals surface area contributed by atoms with Crippen molar-refractivity contribution in [2.75, 3.05) is 40.4 Å². The van der Waals surface area contributed by atoms with Crippen molar-refractivity contribution in [1.29, 1.82) is 0 Å². The molecular formula is C21H25BrN2O5S. The highest BCUT2D eigenvalue weighted by molar-refractivity contribution is 9.10. The number of aryl methyl sites for hydroxylation is 2. The topological polar surface area (TPSA) is 76.2 Å². The van der Waals surface area contributed by atoms with E-state index in [1.54, 1.807) is 30.0 Å². The molecule has 1 aliphatic heterocycles. The fourth-order valence-electron chi connectivity index (χ4n) is 3.43. The highest BCUT2D eigenvalue weighted by atomic mass is 79.9. The van der Waals surface area contributed by atoms with E-state index in [1.165, 1.54) is 18.5 Å². The third-order valence-electron chi connectivity index (χ3n) is 5.18. The fourth-order valence-corrected chi connectivity index (χ4v) is 5.72. The maximum absolute atomic E-state index is 13.1. The minimum Gasteiger partial charge on any atom is -0.495 e. The van der Waals surface area contributed by atoms with Crippen LogP contribution >= 0.6 is 15.9 Å². The van der Waals surface area contributed by atoms with Gasteiger partial charge in [-0.3, -0.25) is 4.79 Å². The van der Waals surface area contributed by atoms with E-state index >= 15 is 0 Å². The van der Waals surface area contributed by atoms with Gasteiger partial charge in [-0.1, -0.05) is 12.1 Å². The minimum atomic E-state index is -3.61. The van der Waals surface area contributed by atoms with Gasteiger partial charge in [0.2, 0.25) is 10.0 Å². The van der Waals surface area contributed by atoms with E-state index in [0.717, 1.165) is 5.56 Å². The molecule has 1 fully saturated rings. The molecule has 2 aromatic rings. The van der Waals surface area contributed by atoms with Crippen LogP contribution in [0.1, 0.15) is 21.5 Å². The second-order valence-electron chi connectivity index (χ2n) is 7.16. The van der Waals surface area contributed by atoms with Gasteiger partial charge >= 0.3 is 0 Å². The Morgan fingerprint density at radius 3 is 2.07 bits per heavy atom. The van der Waals surface area contributed by atoms with Crippen LogP contribution in [0.3, 0.4) is 0 Å². The van der Waals surface area contributed by atoms with Crippen LogP contribution in [0.15, 0.2) is 39.7 Å². The van der Waals surface area contributed by atoms with Gasteiger partial charge in [0.25, 0.3) is 5.91 Å². The molecule has 1 amide bonds. The standard InChI is InChI=1S/C21H25BrN2O5S/c1-14-5-6-15(2)19(11-14)30(26,27)24-9-7-23(8-10-24)21(25)16-12-17(28-3)20(22)18(13-16)29-4/h5-6,11-13H,7-10H2,1-4H3. The molecule has 0 aromatic heterocycles. The highest BCUT2D eigenvalue weighted by Crippen LogP contribution is 2.36. The molecule has 9 heteroatoms. The number of rotatable bonds is 5. The Morgan fingerprint density at radius 2 is 1.53 bits per heavy atom. The van der Waals surface area contributed by atoms with Gasteiger partial charge in [0.1, 0.15) is 16.0 Å². The fraction of sp³-hybridized carbons (Fsp3) is 0.381. The zero-order chi connectivity index (χ0) is 22.1. The molecule has 0 unspecified atom stereocenters. The third-order valence-corrected chi connectivity index (χ3v) is 8.00. The largest absolute Gasteiger partial charge is 0.495 e. The highest BCUT2D eigenvalue weighted by Gasteiger charge is 2.31. The first-order valence-corrected chi connectivity index (χ1v) is 11.7. The Labute approximate surface area is 185 Å². The average molecular weight is 497 g/mol. The molecule has 1 aliphatic rings. The van der Waals surface area contributed by atoms with Crippen LogP contribution in [0, 0.1) is 13.8 Å². The molecule has 0 N–H and O–H groups in total. The van der Waals surface area contributed by atoms with Crippen LogP contribution in [-0.4, -0.2) is 63.9 Å². The lowest BCUT2D eigenvalue weighted by Crippen LogP contribution is -2.50. The van der Waals surface area contributed by atoms with Gasteiger partial charge < -0.3 is 14.4 Å². The van der Waals surface area contributed by atoms with Crippen LogP contribution in [0.4, 0.5) is 0 Å². The molecule has 7 nitrogen and oxygen atoms in total. The smallest absolute Gasteiger partial charge is 0.254 e. The number of hydrogen-bond acceptors (Lipinski definition) is 5. The van der Waals surface area contributed by atoms with E-state index in [-0.39, 0.29) is 19.0 Å².